The van der Waals surface area contributed by atoms with Gasteiger partial charge in [-0.2, -0.15) is 0 Å². The van der Waals surface area contributed by atoms with E-state index in [9.17, 15) is 18.3 Å². The number of alkyl halides is 3. The Morgan fingerprint density at radius 2 is 1.24 bits per heavy atom. The molecule has 7 heteroatoms. The maximum atomic E-state index is 12.2. The number of hydrogen-bond donors (Lipinski definition) is 1. The summed E-state index contributed by atoms with van der Waals surface area (Å²) in [5.74, 6) is 0.0261. The molecule has 4 nitrogen and oxygen atoms in total. The molecule has 3 rings (SSSR count). The number of benzene rings is 2. The summed E-state index contributed by atoms with van der Waals surface area (Å²) < 4.78 is 40.6. The van der Waals surface area contributed by atoms with E-state index in [-0.39, 0.29) is 11.5 Å². The molecule has 0 radical (unpaired) electrons. The number of halogens is 3. The van der Waals surface area contributed by atoms with Crippen molar-refractivity contribution >= 4 is 11.4 Å². The van der Waals surface area contributed by atoms with Crippen LogP contribution >= 0.6 is 0 Å². The number of anilines is 2. The van der Waals surface area contributed by atoms with Crippen LogP contribution in [0.1, 0.15) is 6.42 Å². The molecule has 0 bridgehead atoms. The number of aromatic hydroxyl groups is 1. The summed E-state index contributed by atoms with van der Waals surface area (Å²) in [4.78, 5) is 4.39. The predicted molar refractivity (Wildman–Crippen MR) is 90.3 cm³/mol. The van der Waals surface area contributed by atoms with Gasteiger partial charge in [0.15, 0.2) is 0 Å². The first-order chi connectivity index (χ1) is 11.9. The number of phenolic OH excluding ortho intramolecular Hbond substituents is 1. The van der Waals surface area contributed by atoms with Crippen molar-refractivity contribution in [2.45, 2.75) is 12.8 Å². The molecule has 0 spiro atoms. The maximum absolute atomic E-state index is 12.2. The summed E-state index contributed by atoms with van der Waals surface area (Å²) in [6.45, 7) is 3.27. The van der Waals surface area contributed by atoms with Crippen LogP contribution in [0.5, 0.6) is 11.5 Å². The summed E-state index contributed by atoms with van der Waals surface area (Å²) in [5, 5.41) is 9.39. The average molecular weight is 352 g/mol. The van der Waals surface area contributed by atoms with Gasteiger partial charge in [0.25, 0.3) is 0 Å². The standard InChI is InChI=1S/C18H19F3N2O2/c19-18(20,21)25-17-8-4-15(5-9-17)23-11-1-10-22(12-13-23)14-2-6-16(24)7-3-14/h2-9,24H,1,10-13H2. The van der Waals surface area contributed by atoms with E-state index in [1.807, 2.05) is 12.1 Å². The molecule has 0 unspecified atom stereocenters. The molecule has 1 fully saturated rings. The zero-order valence-electron chi connectivity index (χ0n) is 13.5. The smallest absolute Gasteiger partial charge is 0.508 e. The van der Waals surface area contributed by atoms with Crippen molar-refractivity contribution in [2.24, 2.45) is 0 Å². The van der Waals surface area contributed by atoms with E-state index in [1.54, 1.807) is 24.3 Å². The predicted octanol–water partition coefficient (Wildman–Crippen LogP) is 4.01. The van der Waals surface area contributed by atoms with Crippen LogP contribution in [0.15, 0.2) is 48.5 Å². The molecule has 1 N–H and O–H groups in total. The van der Waals surface area contributed by atoms with Crippen LogP contribution in [0.3, 0.4) is 0 Å². The number of nitrogens with zero attached hydrogens (tertiary/aromatic N) is 2. The number of phenols is 1. The van der Waals surface area contributed by atoms with Crippen molar-refractivity contribution in [3.05, 3.63) is 48.5 Å². The first-order valence-electron chi connectivity index (χ1n) is 8.05. The normalized spacial score (nSPS) is 15.8. The fraction of sp³-hybridized carbons (Fsp3) is 0.333. The molecule has 0 amide bonds. The Morgan fingerprint density at radius 3 is 1.72 bits per heavy atom. The Hall–Kier alpha value is -2.57. The van der Waals surface area contributed by atoms with Gasteiger partial charge in [-0.25, -0.2) is 0 Å². The van der Waals surface area contributed by atoms with E-state index < -0.39 is 6.36 Å². The van der Waals surface area contributed by atoms with E-state index in [2.05, 4.69) is 14.5 Å². The SMILES string of the molecule is Oc1ccc(N2CCCN(c3ccc(OC(F)(F)F)cc3)CC2)cc1. The summed E-state index contributed by atoms with van der Waals surface area (Å²) in [7, 11) is 0. The molecule has 1 heterocycles. The first kappa shape index (κ1) is 17.3. The van der Waals surface area contributed by atoms with Crippen LogP contribution in [0, 0.1) is 0 Å². The van der Waals surface area contributed by atoms with Gasteiger partial charge in [-0.1, -0.05) is 0 Å². The fourth-order valence-corrected chi connectivity index (χ4v) is 2.96. The van der Waals surface area contributed by atoms with Crippen molar-refractivity contribution < 1.29 is 23.0 Å². The Balaban J connectivity index is 1.63. The van der Waals surface area contributed by atoms with E-state index in [0.29, 0.717) is 0 Å². The second-order valence-electron chi connectivity index (χ2n) is 5.89. The van der Waals surface area contributed by atoms with Crippen LogP contribution in [0.2, 0.25) is 0 Å². The van der Waals surface area contributed by atoms with Crippen LogP contribution in [-0.4, -0.2) is 37.6 Å². The van der Waals surface area contributed by atoms with Crippen molar-refractivity contribution in [3.8, 4) is 11.5 Å². The summed E-state index contributed by atoms with van der Waals surface area (Å²) in [5.41, 5.74) is 1.93. The molecule has 0 aliphatic carbocycles. The first-order valence-corrected chi connectivity index (χ1v) is 8.05. The van der Waals surface area contributed by atoms with Gasteiger partial charge in [0.05, 0.1) is 0 Å². The molecule has 0 atom stereocenters. The third-order valence-corrected chi connectivity index (χ3v) is 4.15. The third-order valence-electron chi connectivity index (χ3n) is 4.15. The van der Waals surface area contributed by atoms with Gasteiger partial charge in [0.1, 0.15) is 11.5 Å². The summed E-state index contributed by atoms with van der Waals surface area (Å²) in [6, 6.07) is 13.1. The number of ether oxygens (including phenoxy) is 1. The molecule has 1 saturated heterocycles. The lowest BCUT2D eigenvalue weighted by atomic mass is 10.2. The topological polar surface area (TPSA) is 35.9 Å². The minimum absolute atomic E-state index is 0.211. The highest BCUT2D eigenvalue weighted by molar-refractivity contribution is 5.52. The van der Waals surface area contributed by atoms with E-state index in [0.717, 1.165) is 44.0 Å². The van der Waals surface area contributed by atoms with Gasteiger partial charge in [-0.15, -0.1) is 13.2 Å². The van der Waals surface area contributed by atoms with Crippen molar-refractivity contribution in [1.82, 2.24) is 0 Å². The Kier molecular flexibility index (Phi) is 4.92. The van der Waals surface area contributed by atoms with Crippen LogP contribution in [0.4, 0.5) is 24.5 Å². The van der Waals surface area contributed by atoms with Gasteiger partial charge in [-0.3, -0.25) is 0 Å². The quantitative estimate of drug-likeness (QED) is 0.906. The molecule has 0 saturated carbocycles. The number of rotatable bonds is 3. The second kappa shape index (κ2) is 7.13. The summed E-state index contributed by atoms with van der Waals surface area (Å²) >= 11 is 0. The Morgan fingerprint density at radius 1 is 0.760 bits per heavy atom. The van der Waals surface area contributed by atoms with Gasteiger partial charge >= 0.3 is 6.36 Å². The molecular formula is C18H19F3N2O2. The van der Waals surface area contributed by atoms with Gasteiger partial charge in [-0.05, 0) is 55.0 Å². The van der Waals surface area contributed by atoms with Crippen LogP contribution in [-0.2, 0) is 0 Å². The number of hydrogen-bond acceptors (Lipinski definition) is 4. The Bertz CT molecular complexity index is 687. The largest absolute Gasteiger partial charge is 0.573 e. The lowest BCUT2D eigenvalue weighted by molar-refractivity contribution is -0.274. The molecule has 2 aromatic carbocycles. The van der Waals surface area contributed by atoms with Crippen molar-refractivity contribution in [3.63, 3.8) is 0 Å². The van der Waals surface area contributed by atoms with Gasteiger partial charge in [0.2, 0.25) is 0 Å². The third kappa shape index (κ3) is 4.71. The zero-order chi connectivity index (χ0) is 17.9. The van der Waals surface area contributed by atoms with E-state index in [1.165, 1.54) is 12.1 Å². The van der Waals surface area contributed by atoms with Crippen molar-refractivity contribution in [2.75, 3.05) is 36.0 Å². The minimum Gasteiger partial charge on any atom is -0.508 e. The average Bonchev–Trinajstić information content (AvgIpc) is 2.81. The maximum Gasteiger partial charge on any atom is 0.573 e. The molecule has 134 valence electrons. The van der Waals surface area contributed by atoms with Crippen LogP contribution < -0.4 is 14.5 Å². The molecule has 25 heavy (non-hydrogen) atoms. The highest BCUT2D eigenvalue weighted by Gasteiger charge is 2.31. The highest BCUT2D eigenvalue weighted by Crippen LogP contribution is 2.26. The van der Waals surface area contributed by atoms with E-state index >= 15 is 0 Å². The molecule has 1 aliphatic rings. The molecular weight excluding hydrogens is 333 g/mol. The highest BCUT2D eigenvalue weighted by atomic mass is 19.4. The monoisotopic (exact) mass is 352 g/mol. The Labute approximate surface area is 144 Å². The zero-order valence-corrected chi connectivity index (χ0v) is 13.5. The van der Waals surface area contributed by atoms with Gasteiger partial charge in [0, 0.05) is 37.6 Å². The van der Waals surface area contributed by atoms with Gasteiger partial charge < -0.3 is 19.6 Å². The van der Waals surface area contributed by atoms with E-state index in [4.69, 9.17) is 0 Å². The van der Waals surface area contributed by atoms with Crippen LogP contribution in [0.25, 0.3) is 0 Å². The fourth-order valence-electron chi connectivity index (χ4n) is 2.96. The molecule has 1 aliphatic heterocycles. The lowest BCUT2D eigenvalue weighted by Crippen LogP contribution is -2.30. The summed E-state index contributed by atoms with van der Waals surface area (Å²) in [6.07, 6.45) is -3.74. The second-order valence-corrected chi connectivity index (χ2v) is 5.89. The molecule has 0 aromatic heterocycles. The minimum atomic E-state index is -4.67. The molecule has 2 aromatic rings. The van der Waals surface area contributed by atoms with Crippen molar-refractivity contribution in [1.29, 1.82) is 0 Å². The lowest BCUT2D eigenvalue weighted by Gasteiger charge is -2.25.